The molecule has 0 atom stereocenters. The van der Waals surface area contributed by atoms with Crippen LogP contribution < -0.4 is 5.32 Å². The molecule has 0 saturated carbocycles. The second-order valence-electron chi connectivity index (χ2n) is 4.25. The molecule has 10 heavy (non-hydrogen) atoms. The Morgan fingerprint density at radius 1 is 1.40 bits per heavy atom. The van der Waals surface area contributed by atoms with Crippen LogP contribution in [-0.2, 0) is 0 Å². The van der Waals surface area contributed by atoms with E-state index in [0.717, 1.165) is 5.92 Å². The van der Waals surface area contributed by atoms with Crippen molar-refractivity contribution < 1.29 is 0 Å². The minimum Gasteiger partial charge on any atom is -0.316 e. The lowest BCUT2D eigenvalue weighted by Gasteiger charge is -2.34. The molecule has 1 heteroatoms. The largest absolute Gasteiger partial charge is 0.316 e. The molecule has 1 fully saturated rings. The summed E-state index contributed by atoms with van der Waals surface area (Å²) >= 11 is 0. The Labute approximate surface area is 64.2 Å². The topological polar surface area (TPSA) is 12.0 Å². The van der Waals surface area contributed by atoms with Gasteiger partial charge in [-0.05, 0) is 30.8 Å². The van der Waals surface area contributed by atoms with E-state index < -0.39 is 0 Å². The van der Waals surface area contributed by atoms with E-state index in [-0.39, 0.29) is 0 Å². The van der Waals surface area contributed by atoms with Crippen molar-refractivity contribution in [2.75, 3.05) is 13.1 Å². The molecule has 1 rings (SSSR count). The molecule has 0 bridgehead atoms. The molecule has 1 heterocycles. The molecule has 1 aliphatic heterocycles. The van der Waals surface area contributed by atoms with Gasteiger partial charge in [-0.15, -0.1) is 0 Å². The molecule has 1 N–H and O–H groups in total. The van der Waals surface area contributed by atoms with Gasteiger partial charge in [-0.3, -0.25) is 0 Å². The molecule has 0 aliphatic carbocycles. The van der Waals surface area contributed by atoms with Gasteiger partial charge in [0, 0.05) is 0 Å². The van der Waals surface area contributed by atoms with Crippen LogP contribution in [-0.4, -0.2) is 13.1 Å². The molecular weight excluding hydrogens is 122 g/mol. The lowest BCUT2D eigenvalue weighted by atomic mass is 9.79. The van der Waals surface area contributed by atoms with Crippen molar-refractivity contribution in [3.63, 3.8) is 0 Å². The van der Waals surface area contributed by atoms with E-state index in [0.29, 0.717) is 5.41 Å². The van der Waals surface area contributed by atoms with Gasteiger partial charge < -0.3 is 5.32 Å². The zero-order valence-electron chi connectivity index (χ0n) is 7.41. The summed E-state index contributed by atoms with van der Waals surface area (Å²) in [5.74, 6) is 0.968. The van der Waals surface area contributed by atoms with Gasteiger partial charge in [-0.1, -0.05) is 27.2 Å². The standard InChI is InChI=1S/C9H19N/c1-4-9(2,3)5-8-6-10-7-8/h8,10H,4-7H2,1-3H3. The maximum absolute atomic E-state index is 3.31. The summed E-state index contributed by atoms with van der Waals surface area (Å²) < 4.78 is 0. The van der Waals surface area contributed by atoms with Crippen molar-refractivity contribution in [3.05, 3.63) is 0 Å². The minimum atomic E-state index is 0.576. The molecule has 0 aromatic rings. The van der Waals surface area contributed by atoms with Crippen LogP contribution >= 0.6 is 0 Å². The van der Waals surface area contributed by atoms with E-state index in [1.807, 2.05) is 0 Å². The molecule has 0 unspecified atom stereocenters. The van der Waals surface area contributed by atoms with Crippen LogP contribution in [0.25, 0.3) is 0 Å². The first-order valence-electron chi connectivity index (χ1n) is 4.35. The summed E-state index contributed by atoms with van der Waals surface area (Å²) in [6, 6.07) is 0. The van der Waals surface area contributed by atoms with Gasteiger partial charge in [0.15, 0.2) is 0 Å². The second kappa shape index (κ2) is 2.91. The average molecular weight is 141 g/mol. The number of hydrogen-bond acceptors (Lipinski definition) is 1. The van der Waals surface area contributed by atoms with Crippen molar-refractivity contribution in [2.24, 2.45) is 11.3 Å². The predicted molar refractivity (Wildman–Crippen MR) is 45.0 cm³/mol. The quantitative estimate of drug-likeness (QED) is 0.634. The SMILES string of the molecule is CCC(C)(C)CC1CNC1. The molecular formula is C9H19N. The molecule has 0 spiro atoms. The Hall–Kier alpha value is -0.0400. The van der Waals surface area contributed by atoms with Gasteiger partial charge >= 0.3 is 0 Å². The van der Waals surface area contributed by atoms with Crippen LogP contribution in [0.5, 0.6) is 0 Å². The van der Waals surface area contributed by atoms with Gasteiger partial charge in [-0.2, -0.15) is 0 Å². The summed E-state index contributed by atoms with van der Waals surface area (Å²) in [4.78, 5) is 0. The number of nitrogens with one attached hydrogen (secondary N) is 1. The molecule has 1 aliphatic rings. The van der Waals surface area contributed by atoms with E-state index in [1.54, 1.807) is 0 Å². The van der Waals surface area contributed by atoms with Gasteiger partial charge in [0.05, 0.1) is 0 Å². The predicted octanol–water partition coefficient (Wildman–Crippen LogP) is 2.03. The first-order valence-corrected chi connectivity index (χ1v) is 4.35. The molecule has 1 nitrogen and oxygen atoms in total. The zero-order valence-corrected chi connectivity index (χ0v) is 7.41. The maximum atomic E-state index is 3.31. The molecule has 1 saturated heterocycles. The van der Waals surface area contributed by atoms with Crippen molar-refractivity contribution in [2.45, 2.75) is 33.6 Å². The van der Waals surface area contributed by atoms with Crippen molar-refractivity contribution >= 4 is 0 Å². The van der Waals surface area contributed by atoms with Crippen LogP contribution in [0.15, 0.2) is 0 Å². The van der Waals surface area contributed by atoms with Crippen molar-refractivity contribution in [1.82, 2.24) is 5.32 Å². The summed E-state index contributed by atoms with van der Waals surface area (Å²) in [6.07, 6.45) is 2.71. The van der Waals surface area contributed by atoms with E-state index in [1.165, 1.54) is 25.9 Å². The summed E-state index contributed by atoms with van der Waals surface area (Å²) in [7, 11) is 0. The van der Waals surface area contributed by atoms with Gasteiger partial charge in [0.25, 0.3) is 0 Å². The van der Waals surface area contributed by atoms with E-state index >= 15 is 0 Å². The third-order valence-corrected chi connectivity index (χ3v) is 2.66. The fourth-order valence-corrected chi connectivity index (χ4v) is 1.42. The highest BCUT2D eigenvalue weighted by molar-refractivity contribution is 4.80. The highest BCUT2D eigenvalue weighted by atomic mass is 14.9. The third-order valence-electron chi connectivity index (χ3n) is 2.66. The van der Waals surface area contributed by atoms with Gasteiger partial charge in [-0.25, -0.2) is 0 Å². The Balaban J connectivity index is 2.21. The minimum absolute atomic E-state index is 0.576. The van der Waals surface area contributed by atoms with Crippen LogP contribution in [0.1, 0.15) is 33.6 Å². The van der Waals surface area contributed by atoms with Crippen LogP contribution in [0.2, 0.25) is 0 Å². The Kier molecular flexibility index (Phi) is 2.35. The van der Waals surface area contributed by atoms with Gasteiger partial charge in [0.2, 0.25) is 0 Å². The highest BCUT2D eigenvalue weighted by Crippen LogP contribution is 2.30. The van der Waals surface area contributed by atoms with Crippen LogP contribution in [0.4, 0.5) is 0 Å². The fraction of sp³-hybridized carbons (Fsp3) is 1.00. The van der Waals surface area contributed by atoms with Crippen molar-refractivity contribution in [1.29, 1.82) is 0 Å². The monoisotopic (exact) mass is 141 g/mol. The zero-order chi connectivity index (χ0) is 7.61. The Morgan fingerprint density at radius 2 is 2.00 bits per heavy atom. The summed E-state index contributed by atoms with van der Waals surface area (Å²) in [5, 5.41) is 3.31. The Morgan fingerprint density at radius 3 is 2.30 bits per heavy atom. The smallest absolute Gasteiger partial charge is 0.000805 e. The van der Waals surface area contributed by atoms with E-state index in [9.17, 15) is 0 Å². The number of rotatable bonds is 3. The molecule has 0 amide bonds. The van der Waals surface area contributed by atoms with Crippen LogP contribution in [0, 0.1) is 11.3 Å². The molecule has 0 aromatic heterocycles. The third kappa shape index (κ3) is 1.98. The van der Waals surface area contributed by atoms with E-state index in [4.69, 9.17) is 0 Å². The first-order chi connectivity index (χ1) is 4.64. The average Bonchev–Trinajstić information content (AvgIpc) is 1.80. The molecule has 0 aromatic carbocycles. The summed E-state index contributed by atoms with van der Waals surface area (Å²) in [6.45, 7) is 9.52. The summed E-state index contributed by atoms with van der Waals surface area (Å²) in [5.41, 5.74) is 0.576. The highest BCUT2D eigenvalue weighted by Gasteiger charge is 2.25. The second-order valence-corrected chi connectivity index (χ2v) is 4.25. The Bertz CT molecular complexity index is 103. The maximum Gasteiger partial charge on any atom is -0.000805 e. The lowest BCUT2D eigenvalue weighted by molar-refractivity contribution is 0.206. The van der Waals surface area contributed by atoms with Gasteiger partial charge in [0.1, 0.15) is 0 Å². The lowest BCUT2D eigenvalue weighted by Crippen LogP contribution is -2.43. The first kappa shape index (κ1) is 8.06. The van der Waals surface area contributed by atoms with E-state index in [2.05, 4.69) is 26.1 Å². The fourth-order valence-electron chi connectivity index (χ4n) is 1.42. The van der Waals surface area contributed by atoms with Crippen LogP contribution in [0.3, 0.4) is 0 Å². The molecule has 0 radical (unpaired) electrons. The normalized spacial score (nSPS) is 20.7. The van der Waals surface area contributed by atoms with Crippen molar-refractivity contribution in [3.8, 4) is 0 Å². The molecule has 60 valence electrons. The number of hydrogen-bond donors (Lipinski definition) is 1.